The molecule has 8 heteroatoms. The van der Waals surface area contributed by atoms with Gasteiger partial charge in [0.1, 0.15) is 11.6 Å². The third-order valence-corrected chi connectivity index (χ3v) is 6.17. The number of fused-ring (bicyclic) bond motifs is 1. The molecule has 2 aliphatic heterocycles. The van der Waals surface area contributed by atoms with Crippen LogP contribution in [0.2, 0.25) is 0 Å². The minimum Gasteiger partial charge on any atom is -0.362 e. The van der Waals surface area contributed by atoms with Gasteiger partial charge < -0.3 is 19.3 Å². The molecule has 0 N–H and O–H groups in total. The molecule has 8 nitrogen and oxygen atoms in total. The van der Waals surface area contributed by atoms with Crippen molar-refractivity contribution < 1.29 is 9.47 Å². The third-order valence-electron chi connectivity index (χ3n) is 6.17. The van der Waals surface area contributed by atoms with Crippen molar-refractivity contribution in [3.63, 3.8) is 0 Å². The Morgan fingerprint density at radius 1 is 1.00 bits per heavy atom. The molecule has 34 heavy (non-hydrogen) atoms. The van der Waals surface area contributed by atoms with Gasteiger partial charge in [-0.05, 0) is 56.4 Å². The molecule has 0 amide bonds. The fourth-order valence-corrected chi connectivity index (χ4v) is 4.42. The summed E-state index contributed by atoms with van der Waals surface area (Å²) < 4.78 is 11.7. The van der Waals surface area contributed by atoms with E-state index >= 15 is 0 Å². The van der Waals surface area contributed by atoms with Crippen molar-refractivity contribution in [2.24, 2.45) is 0 Å². The molecule has 3 aromatic rings. The third kappa shape index (κ3) is 5.34. The van der Waals surface area contributed by atoms with Gasteiger partial charge in [-0.15, -0.1) is 0 Å². The molecule has 0 bridgehead atoms. The van der Waals surface area contributed by atoms with Crippen LogP contribution in [-0.4, -0.2) is 60.0 Å². The quantitative estimate of drug-likeness (QED) is 0.517. The lowest BCUT2D eigenvalue weighted by atomic mass is 10.2. The van der Waals surface area contributed by atoms with Gasteiger partial charge in [0.2, 0.25) is 0 Å². The molecular formula is C26H32N6O2. The lowest BCUT2D eigenvalue weighted by molar-refractivity contribution is -0.169. The van der Waals surface area contributed by atoms with Gasteiger partial charge in [0.05, 0.1) is 17.8 Å². The second-order valence-electron chi connectivity index (χ2n) is 9.03. The Bertz CT molecular complexity index is 1150. The summed E-state index contributed by atoms with van der Waals surface area (Å²) in [7, 11) is 3.99. The maximum absolute atomic E-state index is 6.01. The Morgan fingerprint density at radius 2 is 1.79 bits per heavy atom. The smallest absolute Gasteiger partial charge is 0.158 e. The fourth-order valence-electron chi connectivity index (χ4n) is 4.42. The Morgan fingerprint density at radius 3 is 2.56 bits per heavy atom. The molecule has 1 atom stereocenters. The maximum Gasteiger partial charge on any atom is 0.158 e. The second-order valence-corrected chi connectivity index (χ2v) is 9.03. The van der Waals surface area contributed by atoms with Crippen molar-refractivity contribution in [2.45, 2.75) is 45.0 Å². The lowest BCUT2D eigenvalue weighted by Gasteiger charge is -2.23. The van der Waals surface area contributed by atoms with E-state index in [0.29, 0.717) is 18.3 Å². The number of aromatic nitrogens is 4. The van der Waals surface area contributed by atoms with Crippen molar-refractivity contribution in [3.05, 3.63) is 47.7 Å². The average Bonchev–Trinajstić information content (AvgIpc) is 3.41. The summed E-state index contributed by atoms with van der Waals surface area (Å²) in [6.07, 6.45) is 9.19. The Balaban J connectivity index is 1.42. The zero-order valence-corrected chi connectivity index (χ0v) is 20.0. The van der Waals surface area contributed by atoms with Crippen LogP contribution in [0.4, 0.5) is 11.6 Å². The van der Waals surface area contributed by atoms with Crippen LogP contribution in [0.3, 0.4) is 0 Å². The van der Waals surface area contributed by atoms with E-state index < -0.39 is 0 Å². The highest BCUT2D eigenvalue weighted by Crippen LogP contribution is 2.24. The number of rotatable bonds is 7. The SMILES string of the molecule is CN(C)c1nc(/C=C/c2nc(COC3CCCCO3)cc(N3CCCC3)n2)nc2ccccc12. The molecule has 178 valence electrons. The van der Waals surface area contributed by atoms with Crippen LogP contribution < -0.4 is 9.80 Å². The lowest BCUT2D eigenvalue weighted by Crippen LogP contribution is -2.23. The molecule has 2 fully saturated rings. The zero-order valence-electron chi connectivity index (χ0n) is 20.0. The summed E-state index contributed by atoms with van der Waals surface area (Å²) >= 11 is 0. The van der Waals surface area contributed by atoms with Crippen LogP contribution in [-0.2, 0) is 16.1 Å². The first-order valence-electron chi connectivity index (χ1n) is 12.1. The Kier molecular flexibility index (Phi) is 6.97. The average molecular weight is 461 g/mol. The molecule has 2 aromatic heterocycles. The van der Waals surface area contributed by atoms with E-state index in [2.05, 4.69) is 4.90 Å². The zero-order chi connectivity index (χ0) is 23.3. The van der Waals surface area contributed by atoms with Gasteiger partial charge in [0, 0.05) is 45.2 Å². The summed E-state index contributed by atoms with van der Waals surface area (Å²) in [5, 5.41) is 1.03. The Labute approximate surface area is 200 Å². The van der Waals surface area contributed by atoms with Gasteiger partial charge in [-0.25, -0.2) is 19.9 Å². The standard InChI is InChI=1S/C26H32N6O2/c1-31(2)26-20-9-3-4-10-21(20)28-23(30-26)13-12-22-27-19(18-34-25-11-5-8-16-33-25)17-24(29-22)32-14-6-7-15-32/h3-4,9-10,12-13,17,25H,5-8,11,14-16,18H2,1-2H3/b13-12+. The van der Waals surface area contributed by atoms with Crippen molar-refractivity contribution >= 4 is 34.7 Å². The van der Waals surface area contributed by atoms with Crippen molar-refractivity contribution in [3.8, 4) is 0 Å². The van der Waals surface area contributed by atoms with E-state index in [1.54, 1.807) is 0 Å². The van der Waals surface area contributed by atoms with Crippen LogP contribution in [0.1, 0.15) is 49.4 Å². The van der Waals surface area contributed by atoms with Gasteiger partial charge in [-0.1, -0.05) is 12.1 Å². The molecule has 0 saturated carbocycles. The summed E-state index contributed by atoms with van der Waals surface area (Å²) in [6, 6.07) is 10.1. The molecule has 1 aromatic carbocycles. The molecule has 5 rings (SSSR count). The molecule has 0 spiro atoms. The van der Waals surface area contributed by atoms with Gasteiger partial charge in [-0.2, -0.15) is 0 Å². The summed E-state index contributed by atoms with van der Waals surface area (Å²) in [5.74, 6) is 3.10. The molecule has 1 unspecified atom stereocenters. The summed E-state index contributed by atoms with van der Waals surface area (Å²) in [4.78, 5) is 23.4. The van der Waals surface area contributed by atoms with E-state index in [0.717, 1.165) is 67.2 Å². The molecule has 2 saturated heterocycles. The largest absolute Gasteiger partial charge is 0.362 e. The van der Waals surface area contributed by atoms with Crippen molar-refractivity contribution in [1.29, 1.82) is 0 Å². The van der Waals surface area contributed by atoms with Crippen molar-refractivity contribution in [1.82, 2.24) is 19.9 Å². The molecular weight excluding hydrogens is 428 g/mol. The Hall–Kier alpha value is -3.10. The van der Waals surface area contributed by atoms with Gasteiger partial charge in [0.15, 0.2) is 17.9 Å². The van der Waals surface area contributed by atoms with E-state index in [9.17, 15) is 0 Å². The number of ether oxygens (including phenoxy) is 2. The second kappa shape index (κ2) is 10.4. The predicted octanol–water partition coefficient (Wildman–Crippen LogP) is 4.30. The summed E-state index contributed by atoms with van der Waals surface area (Å²) in [6.45, 7) is 3.21. The maximum atomic E-state index is 6.01. The topological polar surface area (TPSA) is 76.5 Å². The summed E-state index contributed by atoms with van der Waals surface area (Å²) in [5.41, 5.74) is 1.77. The van der Waals surface area contributed by atoms with Gasteiger partial charge >= 0.3 is 0 Å². The van der Waals surface area contributed by atoms with Crippen LogP contribution in [0.5, 0.6) is 0 Å². The van der Waals surface area contributed by atoms with Crippen LogP contribution in [0.25, 0.3) is 23.1 Å². The normalized spacial score (nSPS) is 18.8. The number of anilines is 2. The monoisotopic (exact) mass is 460 g/mol. The predicted molar refractivity (Wildman–Crippen MR) is 135 cm³/mol. The number of nitrogens with zero attached hydrogens (tertiary/aromatic N) is 6. The molecule has 2 aliphatic rings. The fraction of sp³-hybridized carbons (Fsp3) is 0.462. The molecule has 0 aliphatic carbocycles. The van der Waals surface area contributed by atoms with Crippen LogP contribution >= 0.6 is 0 Å². The first-order chi connectivity index (χ1) is 16.7. The van der Waals surface area contributed by atoms with Gasteiger partial charge in [-0.3, -0.25) is 0 Å². The van der Waals surface area contributed by atoms with Crippen LogP contribution in [0.15, 0.2) is 30.3 Å². The minimum absolute atomic E-state index is 0.145. The van der Waals surface area contributed by atoms with E-state index in [-0.39, 0.29) is 6.29 Å². The number of hydrogen-bond donors (Lipinski definition) is 0. The highest BCUT2D eigenvalue weighted by molar-refractivity contribution is 5.90. The number of para-hydroxylation sites is 1. The van der Waals surface area contributed by atoms with E-state index in [4.69, 9.17) is 29.4 Å². The minimum atomic E-state index is -0.145. The number of hydrogen-bond acceptors (Lipinski definition) is 8. The molecule has 0 radical (unpaired) electrons. The highest BCUT2D eigenvalue weighted by Gasteiger charge is 2.18. The van der Waals surface area contributed by atoms with E-state index in [1.807, 2.05) is 61.5 Å². The number of benzene rings is 1. The first-order valence-corrected chi connectivity index (χ1v) is 12.1. The van der Waals surface area contributed by atoms with Crippen LogP contribution in [0, 0.1) is 0 Å². The van der Waals surface area contributed by atoms with Gasteiger partial charge in [0.25, 0.3) is 0 Å². The molecule has 4 heterocycles. The van der Waals surface area contributed by atoms with E-state index in [1.165, 1.54) is 12.8 Å². The van der Waals surface area contributed by atoms with Crippen molar-refractivity contribution in [2.75, 3.05) is 43.6 Å². The first kappa shape index (κ1) is 22.7. The highest BCUT2D eigenvalue weighted by atomic mass is 16.7.